The molecule has 1 aliphatic heterocycles. The summed E-state index contributed by atoms with van der Waals surface area (Å²) in [5.41, 5.74) is 5.71. The van der Waals surface area contributed by atoms with Gasteiger partial charge in [0, 0.05) is 36.6 Å². The summed E-state index contributed by atoms with van der Waals surface area (Å²) in [5, 5.41) is 0. The van der Waals surface area contributed by atoms with Gasteiger partial charge in [0.15, 0.2) is 23.0 Å². The van der Waals surface area contributed by atoms with Crippen LogP contribution in [-0.2, 0) is 22.4 Å². The monoisotopic (exact) mass is 604 g/mol. The van der Waals surface area contributed by atoms with Gasteiger partial charge in [0.1, 0.15) is 23.2 Å². The highest BCUT2D eigenvalue weighted by atomic mass is 16.6. The Morgan fingerprint density at radius 1 is 0.818 bits per heavy atom. The quantitative estimate of drug-likeness (QED) is 0.137. The topological polar surface area (TPSA) is 97.4 Å². The molecule has 0 spiro atoms. The number of fused-ring (bicyclic) bond motifs is 1. The predicted octanol–water partition coefficient (Wildman–Crippen LogP) is 8.00. The molecule has 2 aromatic rings. The minimum Gasteiger partial charge on any atom is -0.493 e. The fourth-order valence-electron chi connectivity index (χ4n) is 5.14. The fourth-order valence-corrected chi connectivity index (χ4v) is 5.14. The third-order valence-corrected chi connectivity index (χ3v) is 7.22. The molecule has 236 valence electrons. The lowest BCUT2D eigenvalue weighted by Gasteiger charge is -2.30. The van der Waals surface area contributed by atoms with Crippen LogP contribution in [0, 0.1) is 0 Å². The maximum atomic E-state index is 13.9. The number of esters is 2. The van der Waals surface area contributed by atoms with Gasteiger partial charge in [-0.05, 0) is 66.4 Å². The first-order valence-corrected chi connectivity index (χ1v) is 14.8. The third kappa shape index (κ3) is 8.62. The van der Waals surface area contributed by atoms with Crippen LogP contribution in [0.15, 0.2) is 53.1 Å². The molecule has 0 radical (unpaired) electrons. The molecule has 0 amide bonds. The summed E-state index contributed by atoms with van der Waals surface area (Å²) in [7, 11) is 3.17. The van der Waals surface area contributed by atoms with E-state index in [2.05, 4.69) is 32.9 Å². The van der Waals surface area contributed by atoms with Crippen LogP contribution in [0.2, 0.25) is 0 Å². The molecular formula is C36H44O8. The zero-order valence-electron chi connectivity index (χ0n) is 27.3. The van der Waals surface area contributed by atoms with E-state index >= 15 is 0 Å². The van der Waals surface area contributed by atoms with Gasteiger partial charge >= 0.3 is 11.9 Å². The highest BCUT2D eigenvalue weighted by molar-refractivity contribution is 6.04. The van der Waals surface area contributed by atoms with Crippen LogP contribution < -0.4 is 23.7 Å². The largest absolute Gasteiger partial charge is 0.493 e. The summed E-state index contributed by atoms with van der Waals surface area (Å²) in [6.07, 6.45) is 8.31. The summed E-state index contributed by atoms with van der Waals surface area (Å²) >= 11 is 0. The van der Waals surface area contributed by atoms with E-state index in [1.807, 2.05) is 26.0 Å². The van der Waals surface area contributed by atoms with Gasteiger partial charge in [0.05, 0.1) is 20.6 Å². The van der Waals surface area contributed by atoms with Gasteiger partial charge in [-0.25, -0.2) is 0 Å². The molecule has 2 aromatic carbocycles. The van der Waals surface area contributed by atoms with Crippen LogP contribution >= 0.6 is 0 Å². The smallest absolute Gasteiger partial charge is 0.308 e. The van der Waals surface area contributed by atoms with Gasteiger partial charge in [-0.3, -0.25) is 14.4 Å². The predicted molar refractivity (Wildman–Crippen MR) is 170 cm³/mol. The van der Waals surface area contributed by atoms with Crippen molar-refractivity contribution in [1.82, 2.24) is 0 Å². The summed E-state index contributed by atoms with van der Waals surface area (Å²) in [4.78, 5) is 38.1. The Kier molecular flexibility index (Phi) is 12.0. The van der Waals surface area contributed by atoms with Crippen LogP contribution in [0.3, 0.4) is 0 Å². The molecule has 0 bridgehead atoms. The number of carbonyl (C=O) groups excluding carboxylic acids is 3. The van der Waals surface area contributed by atoms with Crippen molar-refractivity contribution >= 4 is 17.7 Å². The first kappa shape index (κ1) is 34.2. The van der Waals surface area contributed by atoms with Crippen LogP contribution in [-0.4, -0.2) is 31.9 Å². The first-order chi connectivity index (χ1) is 20.9. The van der Waals surface area contributed by atoms with Crippen molar-refractivity contribution in [3.8, 4) is 28.7 Å². The third-order valence-electron chi connectivity index (χ3n) is 7.22. The molecule has 0 fully saturated rings. The zero-order valence-corrected chi connectivity index (χ0v) is 27.3. The van der Waals surface area contributed by atoms with E-state index in [-0.39, 0.29) is 41.4 Å². The second-order valence-corrected chi connectivity index (χ2v) is 11.4. The molecule has 1 heterocycles. The average molecular weight is 605 g/mol. The number of hydrogen-bond donors (Lipinski definition) is 0. The summed E-state index contributed by atoms with van der Waals surface area (Å²) < 4.78 is 29.0. The van der Waals surface area contributed by atoms with Crippen molar-refractivity contribution in [3.63, 3.8) is 0 Å². The number of carbonyl (C=O) groups is 3. The number of hydrogen-bond acceptors (Lipinski definition) is 8. The Hall–Kier alpha value is -4.33. The lowest BCUT2D eigenvalue weighted by Crippen LogP contribution is -2.24. The lowest BCUT2D eigenvalue weighted by atomic mass is 9.89. The number of ether oxygens (including phenoxy) is 5. The van der Waals surface area contributed by atoms with Crippen LogP contribution in [0.25, 0.3) is 0 Å². The number of Topliss-reactive ketones (excluding diaryl/α,β-unsaturated/α-hetero) is 1. The molecule has 0 unspecified atom stereocenters. The van der Waals surface area contributed by atoms with E-state index in [0.29, 0.717) is 23.5 Å². The van der Waals surface area contributed by atoms with E-state index in [1.54, 1.807) is 20.3 Å². The van der Waals surface area contributed by atoms with Gasteiger partial charge in [0.2, 0.25) is 0 Å². The van der Waals surface area contributed by atoms with Gasteiger partial charge in [-0.2, -0.15) is 0 Å². The van der Waals surface area contributed by atoms with Crippen LogP contribution in [0.5, 0.6) is 28.7 Å². The number of benzene rings is 2. The molecular weight excluding hydrogens is 560 g/mol. The van der Waals surface area contributed by atoms with Gasteiger partial charge in [0.25, 0.3) is 0 Å². The average Bonchev–Trinajstić information content (AvgIpc) is 2.93. The molecule has 0 N–H and O–H groups in total. The van der Waals surface area contributed by atoms with E-state index < -0.39 is 18.0 Å². The Morgan fingerprint density at radius 2 is 1.48 bits per heavy atom. The maximum absolute atomic E-state index is 13.9. The highest BCUT2D eigenvalue weighted by Gasteiger charge is 2.36. The maximum Gasteiger partial charge on any atom is 0.308 e. The molecule has 0 saturated heterocycles. The highest BCUT2D eigenvalue weighted by Crippen LogP contribution is 2.48. The minimum absolute atomic E-state index is 0.00200. The van der Waals surface area contributed by atoms with Crippen molar-refractivity contribution in [1.29, 1.82) is 0 Å². The lowest BCUT2D eigenvalue weighted by molar-refractivity contribution is -0.132. The van der Waals surface area contributed by atoms with E-state index in [0.717, 1.165) is 29.5 Å². The Labute approximate surface area is 260 Å². The molecule has 0 saturated carbocycles. The zero-order chi connectivity index (χ0) is 32.6. The number of allylic oxidation sites excluding steroid dienone is 6. The fraction of sp³-hybridized carbons (Fsp3) is 0.417. The number of ketones is 1. The van der Waals surface area contributed by atoms with Gasteiger partial charge < -0.3 is 23.7 Å². The van der Waals surface area contributed by atoms with Crippen molar-refractivity contribution in [2.24, 2.45) is 0 Å². The van der Waals surface area contributed by atoms with Crippen LogP contribution in [0.4, 0.5) is 0 Å². The minimum atomic E-state index is -0.678. The van der Waals surface area contributed by atoms with E-state index in [9.17, 15) is 14.4 Å². The molecule has 8 heteroatoms. The van der Waals surface area contributed by atoms with E-state index in [1.165, 1.54) is 31.1 Å². The van der Waals surface area contributed by atoms with Crippen LogP contribution in [0.1, 0.15) is 101 Å². The molecule has 44 heavy (non-hydrogen) atoms. The normalized spacial score (nSPS) is 14.2. The standard InChI is InChI=1S/C36H44O8/c1-21(2)11-10-12-23(5)14-16-27-26(17-18-30(40-8)35(27)41-9)31-19-29(39)34-33(44-31)20-32(42-24(6)37)28(15-13-22(3)4)36(34)43-25(7)38/h11,13-14,17-18,20,31H,10,12,15-16,19H2,1-9H3/b23-14+/t31-/m0/s1. The molecule has 0 aliphatic carbocycles. The molecule has 1 atom stereocenters. The van der Waals surface area contributed by atoms with Gasteiger partial charge in [-0.1, -0.05) is 41.0 Å². The van der Waals surface area contributed by atoms with Crippen molar-refractivity contribution in [2.45, 2.75) is 86.7 Å². The number of methoxy groups -OCH3 is 2. The number of rotatable bonds is 12. The second kappa shape index (κ2) is 15.4. The Balaban J connectivity index is 2.15. The van der Waals surface area contributed by atoms with Gasteiger partial charge in [-0.15, -0.1) is 0 Å². The molecule has 8 nitrogen and oxygen atoms in total. The summed E-state index contributed by atoms with van der Waals surface area (Å²) in [6, 6.07) is 5.22. The second-order valence-electron chi connectivity index (χ2n) is 11.4. The Morgan fingerprint density at radius 3 is 2.07 bits per heavy atom. The summed E-state index contributed by atoms with van der Waals surface area (Å²) in [5.74, 6) is 0.124. The molecule has 1 aliphatic rings. The first-order valence-electron chi connectivity index (χ1n) is 14.8. The van der Waals surface area contributed by atoms with Crippen molar-refractivity contribution < 1.29 is 38.1 Å². The SMILES string of the molecule is COc1ccc([C@@H]2CC(=O)c3c(cc(OC(C)=O)c(CC=C(C)C)c3OC(C)=O)O2)c(C/C=C(\C)CCC=C(C)C)c1OC. The van der Waals surface area contributed by atoms with Crippen molar-refractivity contribution in [2.75, 3.05) is 14.2 Å². The Bertz CT molecular complexity index is 1500. The summed E-state index contributed by atoms with van der Waals surface area (Å²) in [6.45, 7) is 12.7. The van der Waals surface area contributed by atoms with Crippen molar-refractivity contribution in [3.05, 3.63) is 75.4 Å². The van der Waals surface area contributed by atoms with E-state index in [4.69, 9.17) is 23.7 Å². The molecule has 0 aromatic heterocycles. The molecule has 3 rings (SSSR count).